The second-order valence-corrected chi connectivity index (χ2v) is 11.4. The van der Waals surface area contributed by atoms with Crippen molar-refractivity contribution in [3.63, 3.8) is 0 Å². The molecule has 0 bridgehead atoms. The van der Waals surface area contributed by atoms with E-state index in [9.17, 15) is 28.3 Å². The van der Waals surface area contributed by atoms with Crippen LogP contribution in [-0.2, 0) is 22.6 Å². The lowest BCUT2D eigenvalue weighted by Gasteiger charge is -2.30. The summed E-state index contributed by atoms with van der Waals surface area (Å²) in [5.41, 5.74) is 3.39. The predicted octanol–water partition coefficient (Wildman–Crippen LogP) is 3.56. The molecule has 0 saturated carbocycles. The molecule has 3 N–H and O–H groups in total. The lowest BCUT2D eigenvalue weighted by molar-refractivity contribution is -0.147. The molecule has 1 aromatic heterocycles. The third-order valence-corrected chi connectivity index (χ3v) is 7.89. The molecule has 234 valence electrons. The van der Waals surface area contributed by atoms with E-state index in [4.69, 9.17) is 0 Å². The van der Waals surface area contributed by atoms with Crippen LogP contribution in [0.5, 0.6) is 0 Å². The third-order valence-electron chi connectivity index (χ3n) is 7.89. The molecule has 3 aromatic carbocycles. The van der Waals surface area contributed by atoms with Crippen molar-refractivity contribution in [3.8, 4) is 0 Å². The number of aliphatic hydroxyl groups excluding tert-OH is 1. The number of pyridine rings is 1. The molecule has 11 heteroatoms. The van der Waals surface area contributed by atoms with Crippen molar-refractivity contribution in [2.24, 2.45) is 0 Å². The minimum Gasteiger partial charge on any atom is -0.381 e. The van der Waals surface area contributed by atoms with Crippen LogP contribution in [0, 0.1) is 0 Å². The number of carbonyl (C=O) groups excluding carboxylic acids is 3. The SMILES string of the molecule is CN(C)c1ccc(CNC(=O)[C@@H]2CC(F)(F)CN2C(=O)[C@@H](O)C(Cc2ccccc2)NC(=O)c2ccc3ncccc3c2)cc1. The van der Waals surface area contributed by atoms with E-state index in [0.29, 0.717) is 11.1 Å². The minimum absolute atomic E-state index is 0.0403. The van der Waals surface area contributed by atoms with E-state index in [0.717, 1.165) is 21.5 Å². The molecule has 3 atom stereocenters. The zero-order chi connectivity index (χ0) is 32.1. The number of fused-ring (bicyclic) bond motifs is 1. The molecule has 1 unspecified atom stereocenters. The van der Waals surface area contributed by atoms with Gasteiger partial charge in [0.1, 0.15) is 6.04 Å². The molecule has 1 fully saturated rings. The molecule has 0 aliphatic carbocycles. The third kappa shape index (κ3) is 7.61. The van der Waals surface area contributed by atoms with Crippen molar-refractivity contribution in [1.29, 1.82) is 0 Å². The molecule has 1 saturated heterocycles. The van der Waals surface area contributed by atoms with Crippen LogP contribution in [0.25, 0.3) is 10.9 Å². The second-order valence-electron chi connectivity index (χ2n) is 11.4. The number of carbonyl (C=O) groups is 3. The Labute approximate surface area is 259 Å². The number of benzene rings is 3. The first-order chi connectivity index (χ1) is 21.5. The summed E-state index contributed by atoms with van der Waals surface area (Å²) in [6.07, 6.45) is -1.10. The van der Waals surface area contributed by atoms with Gasteiger partial charge in [-0.2, -0.15) is 0 Å². The van der Waals surface area contributed by atoms with Crippen molar-refractivity contribution in [2.75, 3.05) is 25.5 Å². The number of amides is 3. The average molecular weight is 616 g/mol. The number of alkyl halides is 2. The summed E-state index contributed by atoms with van der Waals surface area (Å²) in [7, 11) is 3.79. The van der Waals surface area contributed by atoms with Crippen LogP contribution >= 0.6 is 0 Å². The first kappa shape index (κ1) is 31.5. The van der Waals surface area contributed by atoms with Crippen LogP contribution in [0.1, 0.15) is 27.9 Å². The molecule has 0 spiro atoms. The molecule has 2 heterocycles. The maximum Gasteiger partial charge on any atom is 0.267 e. The minimum atomic E-state index is -3.33. The highest BCUT2D eigenvalue weighted by molar-refractivity contribution is 5.98. The number of nitrogens with one attached hydrogen (secondary N) is 2. The fraction of sp³-hybridized carbons (Fsp3) is 0.294. The van der Waals surface area contributed by atoms with Crippen molar-refractivity contribution in [1.82, 2.24) is 20.5 Å². The maximum atomic E-state index is 14.7. The fourth-order valence-electron chi connectivity index (χ4n) is 5.42. The maximum absolute atomic E-state index is 14.7. The Kier molecular flexibility index (Phi) is 9.38. The van der Waals surface area contributed by atoms with Gasteiger partial charge in [0.15, 0.2) is 6.10 Å². The van der Waals surface area contributed by atoms with Crippen molar-refractivity contribution in [2.45, 2.75) is 43.5 Å². The van der Waals surface area contributed by atoms with Crippen LogP contribution < -0.4 is 15.5 Å². The van der Waals surface area contributed by atoms with E-state index < -0.39 is 54.8 Å². The Morgan fingerprint density at radius 3 is 2.44 bits per heavy atom. The van der Waals surface area contributed by atoms with Gasteiger partial charge in [-0.05, 0) is 53.9 Å². The van der Waals surface area contributed by atoms with Crippen LogP contribution in [-0.4, -0.2) is 77.5 Å². The number of aromatic nitrogens is 1. The number of halogens is 2. The van der Waals surface area contributed by atoms with Crippen molar-refractivity contribution >= 4 is 34.3 Å². The number of nitrogens with zero attached hydrogens (tertiary/aromatic N) is 3. The molecule has 1 aliphatic rings. The van der Waals surface area contributed by atoms with E-state index in [2.05, 4.69) is 15.6 Å². The molecule has 5 rings (SSSR count). The van der Waals surface area contributed by atoms with Gasteiger partial charge in [0, 0.05) is 49.9 Å². The fourth-order valence-corrected chi connectivity index (χ4v) is 5.42. The number of rotatable bonds is 10. The molecule has 9 nitrogen and oxygen atoms in total. The lowest BCUT2D eigenvalue weighted by Crippen LogP contribution is -2.55. The Balaban J connectivity index is 1.33. The molecule has 0 radical (unpaired) electrons. The average Bonchev–Trinajstić information content (AvgIpc) is 3.38. The van der Waals surface area contributed by atoms with Crippen LogP contribution in [0.2, 0.25) is 0 Å². The van der Waals surface area contributed by atoms with Crippen molar-refractivity contribution in [3.05, 3.63) is 108 Å². The first-order valence-electron chi connectivity index (χ1n) is 14.6. The largest absolute Gasteiger partial charge is 0.381 e. The summed E-state index contributed by atoms with van der Waals surface area (Å²) >= 11 is 0. The predicted molar refractivity (Wildman–Crippen MR) is 167 cm³/mol. The van der Waals surface area contributed by atoms with E-state index in [1.165, 1.54) is 0 Å². The van der Waals surface area contributed by atoms with Gasteiger partial charge in [-0.3, -0.25) is 19.4 Å². The van der Waals surface area contributed by atoms with Gasteiger partial charge in [0.05, 0.1) is 18.1 Å². The van der Waals surface area contributed by atoms with Crippen LogP contribution in [0.3, 0.4) is 0 Å². The molecule has 3 amide bonds. The Morgan fingerprint density at radius 1 is 1.00 bits per heavy atom. The normalized spacial score (nSPS) is 17.0. The summed E-state index contributed by atoms with van der Waals surface area (Å²) in [4.78, 5) is 47.0. The second kappa shape index (κ2) is 13.4. The Bertz CT molecular complexity index is 1670. The van der Waals surface area contributed by atoms with Gasteiger partial charge in [-0.15, -0.1) is 0 Å². The van der Waals surface area contributed by atoms with Gasteiger partial charge >= 0.3 is 0 Å². The van der Waals surface area contributed by atoms with E-state index in [-0.39, 0.29) is 18.5 Å². The molecule has 45 heavy (non-hydrogen) atoms. The Morgan fingerprint density at radius 2 is 1.73 bits per heavy atom. The summed E-state index contributed by atoms with van der Waals surface area (Å²) in [6, 6.07) is 22.0. The zero-order valence-corrected chi connectivity index (χ0v) is 25.0. The summed E-state index contributed by atoms with van der Waals surface area (Å²) in [6.45, 7) is -0.949. The number of hydrogen-bond acceptors (Lipinski definition) is 6. The van der Waals surface area contributed by atoms with E-state index in [1.807, 2.05) is 43.3 Å². The van der Waals surface area contributed by atoms with Crippen molar-refractivity contribution < 1.29 is 28.3 Å². The zero-order valence-electron chi connectivity index (χ0n) is 25.0. The monoisotopic (exact) mass is 615 g/mol. The number of likely N-dealkylation sites (tertiary alicyclic amines) is 1. The standard InChI is InChI=1S/C34H35F2N5O4/c1-40(2)26-13-10-23(11-14-26)20-38-32(44)29-19-34(35,36)21-41(29)33(45)30(42)28(17-22-7-4-3-5-8-22)39-31(43)25-12-15-27-24(18-25)9-6-16-37-27/h3-16,18,28-30,42H,17,19-21H2,1-2H3,(H,38,44)(H,39,43)/t28?,29-,30-/m0/s1. The van der Waals surface area contributed by atoms with E-state index >= 15 is 0 Å². The topological polar surface area (TPSA) is 115 Å². The summed E-state index contributed by atoms with van der Waals surface area (Å²) < 4.78 is 29.4. The highest BCUT2D eigenvalue weighted by Gasteiger charge is 2.51. The summed E-state index contributed by atoms with van der Waals surface area (Å²) in [5.74, 6) is -5.71. The number of anilines is 1. The molecule has 4 aromatic rings. The van der Waals surface area contributed by atoms with Gasteiger partial charge in [0.2, 0.25) is 5.91 Å². The van der Waals surface area contributed by atoms with Gasteiger partial charge in [-0.25, -0.2) is 8.78 Å². The lowest BCUT2D eigenvalue weighted by atomic mass is 9.99. The summed E-state index contributed by atoms with van der Waals surface area (Å²) in [5, 5.41) is 17.4. The Hall–Kier alpha value is -4.90. The first-order valence-corrected chi connectivity index (χ1v) is 14.6. The van der Waals surface area contributed by atoms with E-state index in [1.54, 1.807) is 66.9 Å². The molecule has 1 aliphatic heterocycles. The highest BCUT2D eigenvalue weighted by atomic mass is 19.3. The highest BCUT2D eigenvalue weighted by Crippen LogP contribution is 2.33. The van der Waals surface area contributed by atoms with Crippen LogP contribution in [0.4, 0.5) is 14.5 Å². The quantitative estimate of drug-likeness (QED) is 0.252. The molecular weight excluding hydrogens is 580 g/mol. The number of aliphatic hydroxyl groups is 1. The van der Waals surface area contributed by atoms with Crippen LogP contribution in [0.15, 0.2) is 91.1 Å². The van der Waals surface area contributed by atoms with Gasteiger partial charge in [-0.1, -0.05) is 48.5 Å². The number of hydrogen-bond donors (Lipinski definition) is 3. The molecular formula is C34H35F2N5O4. The van der Waals surface area contributed by atoms with Gasteiger partial charge < -0.3 is 25.5 Å². The smallest absolute Gasteiger partial charge is 0.267 e. The van der Waals surface area contributed by atoms with Gasteiger partial charge in [0.25, 0.3) is 17.7 Å².